The van der Waals surface area contributed by atoms with E-state index in [4.69, 9.17) is 28.0 Å². The van der Waals surface area contributed by atoms with Crippen molar-refractivity contribution in [3.05, 3.63) is 79.9 Å². The van der Waals surface area contributed by atoms with Crippen LogP contribution in [0.3, 0.4) is 0 Å². The van der Waals surface area contributed by atoms with Crippen LogP contribution < -0.4 is 5.69 Å². The van der Waals surface area contributed by atoms with Gasteiger partial charge in [-0.25, -0.2) is 9.86 Å². The lowest BCUT2D eigenvalue weighted by atomic mass is 9.95. The average Bonchev–Trinajstić information content (AvgIpc) is 3.15. The minimum absolute atomic E-state index is 0.125. The van der Waals surface area contributed by atoms with Gasteiger partial charge in [0.1, 0.15) is 5.82 Å². The van der Waals surface area contributed by atoms with Crippen LogP contribution in [0.4, 0.5) is 0 Å². The van der Waals surface area contributed by atoms with Crippen molar-refractivity contribution in [2.24, 2.45) is 5.41 Å². The molecule has 0 saturated carbocycles. The fourth-order valence-corrected chi connectivity index (χ4v) is 3.96. The Kier molecular flexibility index (Phi) is 5.68. The first-order valence-corrected chi connectivity index (χ1v) is 10.6. The molecular weight excluding hydrogens is 439 g/mol. The Labute approximate surface area is 189 Å². The SMILES string of the molecule is Cc1nn(-c2cc(CN3OCC(C)(C)C3=O)c(Cl)cc2Cl)c(=O)n1Cc1ccccc1. The molecule has 1 aromatic heterocycles. The molecule has 2 aromatic carbocycles. The number of nitrogens with zero attached hydrogens (tertiary/aromatic N) is 4. The number of carbonyl (C=O) groups is 1. The third-order valence-corrected chi connectivity index (χ3v) is 5.93. The van der Waals surface area contributed by atoms with Crippen LogP contribution in [0.25, 0.3) is 5.69 Å². The van der Waals surface area contributed by atoms with Crippen molar-refractivity contribution >= 4 is 29.1 Å². The number of aryl methyl sites for hydroxylation is 1. The fraction of sp³-hybridized carbons (Fsp3) is 0.318. The van der Waals surface area contributed by atoms with Crippen LogP contribution in [0.2, 0.25) is 10.0 Å². The zero-order valence-electron chi connectivity index (χ0n) is 17.4. The van der Waals surface area contributed by atoms with E-state index in [0.717, 1.165) is 5.56 Å². The van der Waals surface area contributed by atoms with Crippen LogP contribution in [0.5, 0.6) is 0 Å². The summed E-state index contributed by atoms with van der Waals surface area (Å²) in [7, 11) is 0. The average molecular weight is 461 g/mol. The molecule has 2 heterocycles. The summed E-state index contributed by atoms with van der Waals surface area (Å²) < 4.78 is 2.84. The molecule has 1 saturated heterocycles. The molecule has 0 bridgehead atoms. The van der Waals surface area contributed by atoms with Crippen LogP contribution in [-0.2, 0) is 22.7 Å². The van der Waals surface area contributed by atoms with Gasteiger partial charge in [0.05, 0.1) is 35.8 Å². The maximum atomic E-state index is 13.1. The molecule has 162 valence electrons. The van der Waals surface area contributed by atoms with E-state index in [1.54, 1.807) is 23.6 Å². The van der Waals surface area contributed by atoms with Gasteiger partial charge in [-0.15, -0.1) is 0 Å². The molecule has 4 rings (SSSR count). The van der Waals surface area contributed by atoms with Gasteiger partial charge in [-0.1, -0.05) is 53.5 Å². The van der Waals surface area contributed by atoms with E-state index in [1.165, 1.54) is 9.75 Å². The molecule has 0 radical (unpaired) electrons. The number of rotatable bonds is 5. The molecule has 0 aliphatic carbocycles. The summed E-state index contributed by atoms with van der Waals surface area (Å²) in [5, 5.41) is 6.36. The van der Waals surface area contributed by atoms with Gasteiger partial charge in [0.25, 0.3) is 5.91 Å². The van der Waals surface area contributed by atoms with E-state index in [-0.39, 0.29) is 23.2 Å². The highest BCUT2D eigenvalue weighted by molar-refractivity contribution is 6.36. The van der Waals surface area contributed by atoms with Crippen LogP contribution in [0.1, 0.15) is 30.8 Å². The van der Waals surface area contributed by atoms with E-state index in [9.17, 15) is 9.59 Å². The Morgan fingerprint density at radius 2 is 1.77 bits per heavy atom. The summed E-state index contributed by atoms with van der Waals surface area (Å²) in [6.45, 7) is 6.26. The van der Waals surface area contributed by atoms with Gasteiger partial charge in [-0.05, 0) is 44.0 Å². The first-order valence-electron chi connectivity index (χ1n) is 9.81. The summed E-state index contributed by atoms with van der Waals surface area (Å²) in [5.74, 6) is 0.432. The van der Waals surface area contributed by atoms with Crippen molar-refractivity contribution in [1.29, 1.82) is 0 Å². The number of carbonyl (C=O) groups excluding carboxylic acids is 1. The largest absolute Gasteiger partial charge is 0.351 e. The summed E-state index contributed by atoms with van der Waals surface area (Å²) in [4.78, 5) is 31.1. The molecule has 0 atom stereocenters. The number of hydrogen-bond donors (Lipinski definition) is 0. The molecule has 0 spiro atoms. The lowest BCUT2D eigenvalue weighted by Crippen LogP contribution is -2.30. The van der Waals surface area contributed by atoms with E-state index < -0.39 is 5.41 Å². The fourth-order valence-electron chi connectivity index (χ4n) is 3.43. The molecule has 7 nitrogen and oxygen atoms in total. The highest BCUT2D eigenvalue weighted by atomic mass is 35.5. The van der Waals surface area contributed by atoms with Crippen LogP contribution in [0, 0.1) is 12.3 Å². The first-order chi connectivity index (χ1) is 14.7. The van der Waals surface area contributed by atoms with E-state index in [0.29, 0.717) is 35.2 Å². The van der Waals surface area contributed by atoms with Gasteiger partial charge >= 0.3 is 5.69 Å². The Hall–Kier alpha value is -2.61. The second kappa shape index (κ2) is 8.15. The van der Waals surface area contributed by atoms with Crippen LogP contribution in [-0.4, -0.2) is 31.9 Å². The summed E-state index contributed by atoms with van der Waals surface area (Å²) in [6.07, 6.45) is 0. The molecule has 1 aliphatic heterocycles. The van der Waals surface area contributed by atoms with Crippen molar-refractivity contribution in [3.63, 3.8) is 0 Å². The lowest BCUT2D eigenvalue weighted by Gasteiger charge is -2.18. The van der Waals surface area contributed by atoms with E-state index in [2.05, 4.69) is 5.10 Å². The summed E-state index contributed by atoms with van der Waals surface area (Å²) in [6, 6.07) is 12.9. The third kappa shape index (κ3) is 4.13. The van der Waals surface area contributed by atoms with Crippen molar-refractivity contribution in [2.45, 2.75) is 33.9 Å². The predicted octanol–water partition coefficient (Wildman–Crippen LogP) is 4.00. The molecule has 3 aromatic rings. The molecule has 0 unspecified atom stereocenters. The number of aromatic nitrogens is 3. The van der Waals surface area contributed by atoms with Gasteiger partial charge in [-0.3, -0.25) is 14.2 Å². The number of hydrogen-bond acceptors (Lipinski definition) is 4. The number of amides is 1. The monoisotopic (exact) mass is 460 g/mol. The molecule has 1 amide bonds. The first kappa shape index (κ1) is 21.6. The maximum absolute atomic E-state index is 13.1. The lowest BCUT2D eigenvalue weighted by molar-refractivity contribution is -0.165. The zero-order valence-corrected chi connectivity index (χ0v) is 18.9. The van der Waals surface area contributed by atoms with Crippen LogP contribution >= 0.6 is 23.2 Å². The van der Waals surface area contributed by atoms with E-state index in [1.807, 2.05) is 44.2 Å². The summed E-state index contributed by atoms with van der Waals surface area (Å²) >= 11 is 12.8. The Morgan fingerprint density at radius 3 is 2.42 bits per heavy atom. The summed E-state index contributed by atoms with van der Waals surface area (Å²) in [5.41, 5.74) is 1.08. The molecule has 1 fully saturated rings. The molecule has 9 heteroatoms. The van der Waals surface area contributed by atoms with Gasteiger partial charge in [0.15, 0.2) is 0 Å². The third-order valence-electron chi connectivity index (χ3n) is 5.28. The maximum Gasteiger partial charge on any atom is 0.351 e. The molecule has 1 aliphatic rings. The van der Waals surface area contributed by atoms with Gasteiger partial charge in [0, 0.05) is 5.02 Å². The quantitative estimate of drug-likeness (QED) is 0.576. The topological polar surface area (TPSA) is 69.4 Å². The standard InChI is InChI=1S/C22H22Cl2N4O3/c1-14-25-28(21(30)26(14)11-15-7-5-4-6-8-15)19-9-16(17(23)10-18(19)24)12-27-20(29)22(2,3)13-31-27/h4-10H,11-13H2,1-3H3. The number of benzene rings is 2. The smallest absolute Gasteiger partial charge is 0.274 e. The minimum atomic E-state index is -0.591. The molecule has 0 N–H and O–H groups in total. The highest BCUT2D eigenvalue weighted by Crippen LogP contribution is 2.32. The van der Waals surface area contributed by atoms with Gasteiger partial charge in [0.2, 0.25) is 0 Å². The van der Waals surface area contributed by atoms with Crippen molar-refractivity contribution < 1.29 is 9.63 Å². The van der Waals surface area contributed by atoms with Crippen molar-refractivity contribution in [3.8, 4) is 5.69 Å². The number of halogens is 2. The van der Waals surface area contributed by atoms with Crippen molar-refractivity contribution in [2.75, 3.05) is 6.61 Å². The Morgan fingerprint density at radius 1 is 1.06 bits per heavy atom. The molecular formula is C22H22Cl2N4O3. The van der Waals surface area contributed by atoms with Crippen molar-refractivity contribution in [1.82, 2.24) is 19.4 Å². The highest BCUT2D eigenvalue weighted by Gasteiger charge is 2.40. The normalized spacial score (nSPS) is 15.6. The second-order valence-electron chi connectivity index (χ2n) is 8.21. The predicted molar refractivity (Wildman–Crippen MR) is 118 cm³/mol. The zero-order chi connectivity index (χ0) is 22.3. The second-order valence-corrected chi connectivity index (χ2v) is 9.02. The van der Waals surface area contributed by atoms with Crippen LogP contribution in [0.15, 0.2) is 47.3 Å². The number of hydroxylamine groups is 2. The Balaban J connectivity index is 1.69. The Bertz CT molecular complexity index is 1200. The molecule has 31 heavy (non-hydrogen) atoms. The van der Waals surface area contributed by atoms with Gasteiger partial charge < -0.3 is 0 Å². The minimum Gasteiger partial charge on any atom is -0.274 e. The van der Waals surface area contributed by atoms with E-state index >= 15 is 0 Å². The van der Waals surface area contributed by atoms with Gasteiger partial charge in [-0.2, -0.15) is 9.78 Å².